The summed E-state index contributed by atoms with van der Waals surface area (Å²) in [5, 5.41) is 0. The summed E-state index contributed by atoms with van der Waals surface area (Å²) in [5.41, 5.74) is 1.25. The van der Waals surface area contributed by atoms with Crippen molar-refractivity contribution in [3.63, 3.8) is 0 Å². The second-order valence-corrected chi connectivity index (χ2v) is 7.00. The molecule has 0 unspecified atom stereocenters. The maximum absolute atomic E-state index is 12.7. The van der Waals surface area contributed by atoms with E-state index in [1.165, 1.54) is 5.56 Å². The number of carbonyl (C=O) groups is 2. The van der Waals surface area contributed by atoms with Crippen LogP contribution in [0.2, 0.25) is 0 Å². The highest BCUT2D eigenvalue weighted by atomic mass is 16.2. The summed E-state index contributed by atoms with van der Waals surface area (Å²) in [4.78, 5) is 34.9. The Morgan fingerprint density at radius 3 is 2.46 bits per heavy atom. The predicted octanol–water partition coefficient (Wildman–Crippen LogP) is 0.983. The van der Waals surface area contributed by atoms with E-state index in [0.717, 1.165) is 32.7 Å². The summed E-state index contributed by atoms with van der Waals surface area (Å²) < 4.78 is 0. The Morgan fingerprint density at radius 1 is 1.21 bits per heavy atom. The van der Waals surface area contributed by atoms with E-state index in [-0.39, 0.29) is 23.8 Å². The van der Waals surface area contributed by atoms with Gasteiger partial charge < -0.3 is 9.80 Å². The average Bonchev–Trinajstić information content (AvgIpc) is 2.98. The van der Waals surface area contributed by atoms with Crippen LogP contribution < -0.4 is 0 Å². The summed E-state index contributed by atoms with van der Waals surface area (Å²) in [6.45, 7) is 8.73. The molecule has 0 aromatic carbocycles. The lowest BCUT2D eigenvalue weighted by atomic mass is 10.1. The Balaban J connectivity index is 1.50. The molecule has 6 heteroatoms. The van der Waals surface area contributed by atoms with E-state index in [9.17, 15) is 9.59 Å². The molecule has 2 saturated heterocycles. The van der Waals surface area contributed by atoms with Crippen LogP contribution in [0.5, 0.6) is 0 Å². The Morgan fingerprint density at radius 2 is 1.88 bits per heavy atom. The minimum atomic E-state index is -0.161. The molecule has 0 radical (unpaired) electrons. The fourth-order valence-electron chi connectivity index (χ4n) is 3.53. The Labute approximate surface area is 143 Å². The van der Waals surface area contributed by atoms with Crippen LogP contribution in [0.4, 0.5) is 0 Å². The molecule has 24 heavy (non-hydrogen) atoms. The first-order chi connectivity index (χ1) is 11.5. The van der Waals surface area contributed by atoms with Crippen LogP contribution in [0.1, 0.15) is 25.8 Å². The van der Waals surface area contributed by atoms with Gasteiger partial charge in [-0.2, -0.15) is 0 Å². The molecule has 1 aromatic rings. The number of piperazine rings is 1. The number of pyridine rings is 1. The summed E-state index contributed by atoms with van der Waals surface area (Å²) in [6.07, 6.45) is 3.99. The van der Waals surface area contributed by atoms with Crippen LogP contribution >= 0.6 is 0 Å². The van der Waals surface area contributed by atoms with Crippen LogP contribution in [0.3, 0.4) is 0 Å². The zero-order chi connectivity index (χ0) is 17.1. The van der Waals surface area contributed by atoms with Crippen molar-refractivity contribution in [2.75, 3.05) is 32.7 Å². The molecule has 6 nitrogen and oxygen atoms in total. The minimum Gasteiger partial charge on any atom is -0.340 e. The molecule has 1 aromatic heterocycles. The molecular formula is C18H26N4O2. The van der Waals surface area contributed by atoms with Crippen LogP contribution in [-0.4, -0.2) is 70.3 Å². The van der Waals surface area contributed by atoms with Gasteiger partial charge in [0.05, 0.1) is 5.92 Å². The lowest BCUT2D eigenvalue weighted by molar-refractivity contribution is -0.137. The molecule has 0 aliphatic carbocycles. The van der Waals surface area contributed by atoms with Crippen molar-refractivity contribution in [3.8, 4) is 0 Å². The number of likely N-dealkylation sites (tertiary alicyclic amines) is 1. The van der Waals surface area contributed by atoms with Crippen molar-refractivity contribution in [2.24, 2.45) is 5.92 Å². The minimum absolute atomic E-state index is 0.111. The molecule has 2 aliphatic heterocycles. The summed E-state index contributed by atoms with van der Waals surface area (Å²) in [6, 6.07) is 4.23. The number of hydrogen-bond donors (Lipinski definition) is 0. The first kappa shape index (κ1) is 16.9. The zero-order valence-corrected chi connectivity index (χ0v) is 14.5. The molecule has 3 heterocycles. The number of carbonyl (C=O) groups excluding carboxylic acids is 2. The van der Waals surface area contributed by atoms with Gasteiger partial charge in [0.1, 0.15) is 0 Å². The van der Waals surface area contributed by atoms with Gasteiger partial charge in [-0.05, 0) is 31.5 Å². The number of nitrogens with zero attached hydrogens (tertiary/aromatic N) is 4. The van der Waals surface area contributed by atoms with Crippen LogP contribution in [0, 0.1) is 5.92 Å². The monoisotopic (exact) mass is 330 g/mol. The molecular weight excluding hydrogens is 304 g/mol. The predicted molar refractivity (Wildman–Crippen MR) is 91.1 cm³/mol. The first-order valence-electron chi connectivity index (χ1n) is 8.74. The molecule has 1 atom stereocenters. The van der Waals surface area contributed by atoms with E-state index >= 15 is 0 Å². The second-order valence-electron chi connectivity index (χ2n) is 7.00. The summed E-state index contributed by atoms with van der Waals surface area (Å²) in [7, 11) is 0. The van der Waals surface area contributed by atoms with Crippen LogP contribution in [-0.2, 0) is 16.1 Å². The van der Waals surface area contributed by atoms with Crippen LogP contribution in [0.15, 0.2) is 24.5 Å². The molecule has 2 aliphatic rings. The SMILES string of the molecule is CC(C)N1C[C@H](C(=O)N2CCN(Cc3ccncc3)CC2)CC1=O. The van der Waals surface area contributed by atoms with Gasteiger partial charge in [0.15, 0.2) is 0 Å². The number of rotatable bonds is 4. The van der Waals surface area contributed by atoms with E-state index in [2.05, 4.69) is 9.88 Å². The van der Waals surface area contributed by atoms with Gasteiger partial charge >= 0.3 is 0 Å². The van der Waals surface area contributed by atoms with Gasteiger partial charge in [0, 0.05) is 64.1 Å². The van der Waals surface area contributed by atoms with Crippen molar-refractivity contribution in [3.05, 3.63) is 30.1 Å². The third-order valence-electron chi connectivity index (χ3n) is 4.97. The highest BCUT2D eigenvalue weighted by Gasteiger charge is 2.38. The Kier molecular flexibility index (Phi) is 5.14. The molecule has 130 valence electrons. The third kappa shape index (κ3) is 3.75. The standard InChI is InChI=1S/C18H26N4O2/c1-14(2)22-13-16(11-17(22)23)18(24)21-9-7-20(8-10-21)12-15-3-5-19-6-4-15/h3-6,14,16H,7-13H2,1-2H3/t16-/m1/s1. The van der Waals surface area contributed by atoms with Crippen LogP contribution in [0.25, 0.3) is 0 Å². The van der Waals surface area contributed by atoms with Crippen molar-refractivity contribution in [2.45, 2.75) is 32.9 Å². The topological polar surface area (TPSA) is 56.8 Å². The molecule has 3 rings (SSSR count). The fraction of sp³-hybridized carbons (Fsp3) is 0.611. The first-order valence-corrected chi connectivity index (χ1v) is 8.74. The van der Waals surface area contributed by atoms with Gasteiger partial charge in [-0.1, -0.05) is 0 Å². The van der Waals surface area contributed by atoms with Gasteiger partial charge in [-0.3, -0.25) is 19.5 Å². The van der Waals surface area contributed by atoms with E-state index in [1.807, 2.05) is 48.2 Å². The number of amides is 2. The van der Waals surface area contributed by atoms with Crippen molar-refractivity contribution in [1.29, 1.82) is 0 Å². The van der Waals surface area contributed by atoms with Crippen molar-refractivity contribution in [1.82, 2.24) is 19.7 Å². The molecule has 0 saturated carbocycles. The summed E-state index contributed by atoms with van der Waals surface area (Å²) in [5.74, 6) is 0.0985. The van der Waals surface area contributed by atoms with Gasteiger partial charge in [-0.15, -0.1) is 0 Å². The smallest absolute Gasteiger partial charge is 0.228 e. The molecule has 0 spiro atoms. The van der Waals surface area contributed by atoms with Crippen molar-refractivity contribution < 1.29 is 9.59 Å². The second kappa shape index (κ2) is 7.30. The number of aromatic nitrogens is 1. The Bertz CT molecular complexity index is 582. The highest BCUT2D eigenvalue weighted by Crippen LogP contribution is 2.23. The van der Waals surface area contributed by atoms with E-state index in [4.69, 9.17) is 0 Å². The maximum Gasteiger partial charge on any atom is 0.228 e. The Hall–Kier alpha value is -1.95. The van der Waals surface area contributed by atoms with Crippen molar-refractivity contribution >= 4 is 11.8 Å². The molecule has 0 bridgehead atoms. The van der Waals surface area contributed by atoms with Gasteiger partial charge in [0.25, 0.3) is 0 Å². The van der Waals surface area contributed by atoms with E-state index in [1.54, 1.807) is 0 Å². The van der Waals surface area contributed by atoms with E-state index < -0.39 is 0 Å². The zero-order valence-electron chi connectivity index (χ0n) is 14.5. The average molecular weight is 330 g/mol. The lowest BCUT2D eigenvalue weighted by Gasteiger charge is -2.36. The molecule has 0 N–H and O–H groups in total. The maximum atomic E-state index is 12.7. The number of hydrogen-bond acceptors (Lipinski definition) is 4. The highest BCUT2D eigenvalue weighted by molar-refractivity contribution is 5.89. The van der Waals surface area contributed by atoms with Gasteiger partial charge in [0.2, 0.25) is 11.8 Å². The van der Waals surface area contributed by atoms with E-state index in [0.29, 0.717) is 13.0 Å². The quantitative estimate of drug-likeness (QED) is 0.826. The molecule has 2 fully saturated rings. The molecule has 2 amide bonds. The summed E-state index contributed by atoms with van der Waals surface area (Å²) >= 11 is 0. The third-order valence-corrected chi connectivity index (χ3v) is 4.97. The fourth-order valence-corrected chi connectivity index (χ4v) is 3.53. The largest absolute Gasteiger partial charge is 0.340 e. The normalized spacial score (nSPS) is 22.5. The van der Waals surface area contributed by atoms with Gasteiger partial charge in [-0.25, -0.2) is 0 Å². The lowest BCUT2D eigenvalue weighted by Crippen LogP contribution is -2.50.